The van der Waals surface area contributed by atoms with Crippen LogP contribution >= 0.6 is 0 Å². The molecule has 0 heterocycles. The molecule has 3 aliphatic rings. The maximum absolute atomic E-state index is 12.3. The summed E-state index contributed by atoms with van der Waals surface area (Å²) in [5.41, 5.74) is -1.48. The first-order valence-electron chi connectivity index (χ1n) is 4.11. The fourth-order valence-corrected chi connectivity index (χ4v) is 2.80. The average Bonchev–Trinajstić information content (AvgIpc) is 1.70. The lowest BCUT2D eigenvalue weighted by Crippen LogP contribution is -2.68. The number of hydrogen-bond acceptors (Lipinski definition) is 1. The molecule has 12 heavy (non-hydrogen) atoms. The highest BCUT2D eigenvalue weighted by atomic mass is 19.4. The van der Waals surface area contributed by atoms with E-state index in [9.17, 15) is 13.2 Å². The molecule has 0 aliphatic heterocycles. The molecule has 2 bridgehead atoms. The summed E-state index contributed by atoms with van der Waals surface area (Å²) >= 11 is 0. The van der Waals surface area contributed by atoms with Crippen LogP contribution in [-0.4, -0.2) is 17.9 Å². The normalized spacial score (nSPS) is 45.0. The van der Waals surface area contributed by atoms with Crippen molar-refractivity contribution in [2.45, 2.75) is 31.9 Å². The van der Waals surface area contributed by atoms with Crippen molar-refractivity contribution in [1.29, 1.82) is 0 Å². The predicted octanol–water partition coefficient (Wildman–Crippen LogP) is 2.10. The third kappa shape index (κ3) is 0.789. The zero-order valence-corrected chi connectivity index (χ0v) is 6.62. The van der Waals surface area contributed by atoms with Gasteiger partial charge in [-0.05, 0) is 31.1 Å². The molecule has 0 unspecified atom stereocenters. The SMILES string of the molecule is OCCC12CC(C(F)(F)F)(C1)C2. The zero-order valence-electron chi connectivity index (χ0n) is 6.62. The lowest BCUT2D eigenvalue weighted by molar-refractivity contribution is -0.365. The monoisotopic (exact) mass is 180 g/mol. The molecule has 0 saturated heterocycles. The summed E-state index contributed by atoms with van der Waals surface area (Å²) in [7, 11) is 0. The average molecular weight is 180 g/mol. The van der Waals surface area contributed by atoms with Crippen molar-refractivity contribution in [2.75, 3.05) is 6.61 Å². The first-order chi connectivity index (χ1) is 5.43. The Hall–Kier alpha value is -0.250. The lowest BCUT2D eigenvalue weighted by Gasteiger charge is -2.70. The Morgan fingerprint density at radius 2 is 1.67 bits per heavy atom. The first-order valence-corrected chi connectivity index (χ1v) is 4.11. The Morgan fingerprint density at radius 1 is 1.17 bits per heavy atom. The van der Waals surface area contributed by atoms with Gasteiger partial charge in [-0.15, -0.1) is 0 Å². The van der Waals surface area contributed by atoms with Gasteiger partial charge < -0.3 is 5.11 Å². The van der Waals surface area contributed by atoms with Crippen LogP contribution in [0, 0.1) is 10.8 Å². The van der Waals surface area contributed by atoms with Crippen LogP contribution in [-0.2, 0) is 0 Å². The van der Waals surface area contributed by atoms with E-state index in [1.54, 1.807) is 0 Å². The van der Waals surface area contributed by atoms with Gasteiger partial charge in [-0.3, -0.25) is 0 Å². The van der Waals surface area contributed by atoms with Gasteiger partial charge in [-0.1, -0.05) is 0 Å². The summed E-state index contributed by atoms with van der Waals surface area (Å²) in [6.45, 7) is 0.0218. The van der Waals surface area contributed by atoms with Gasteiger partial charge >= 0.3 is 6.18 Å². The largest absolute Gasteiger partial charge is 0.396 e. The number of alkyl halides is 3. The van der Waals surface area contributed by atoms with Crippen molar-refractivity contribution >= 4 is 0 Å². The highest BCUT2D eigenvalue weighted by Gasteiger charge is 2.77. The van der Waals surface area contributed by atoms with Crippen molar-refractivity contribution in [3.8, 4) is 0 Å². The summed E-state index contributed by atoms with van der Waals surface area (Å²) in [5.74, 6) is 0. The second kappa shape index (κ2) is 1.97. The minimum absolute atomic E-state index is 0.0218. The molecule has 3 saturated carbocycles. The van der Waals surface area contributed by atoms with E-state index >= 15 is 0 Å². The van der Waals surface area contributed by atoms with Crippen molar-refractivity contribution in [3.63, 3.8) is 0 Å². The van der Waals surface area contributed by atoms with Crippen LogP contribution in [0.5, 0.6) is 0 Å². The Bertz CT molecular complexity index is 189. The molecule has 3 rings (SSSR count). The third-order valence-corrected chi connectivity index (χ3v) is 3.38. The fraction of sp³-hybridized carbons (Fsp3) is 1.00. The molecule has 4 heteroatoms. The van der Waals surface area contributed by atoms with Crippen molar-refractivity contribution in [3.05, 3.63) is 0 Å². The van der Waals surface area contributed by atoms with Crippen molar-refractivity contribution in [1.82, 2.24) is 0 Å². The summed E-state index contributed by atoms with van der Waals surface area (Å²) in [6, 6.07) is 0. The molecule has 1 N–H and O–H groups in total. The van der Waals surface area contributed by atoms with E-state index in [4.69, 9.17) is 5.11 Å². The molecule has 0 aromatic rings. The van der Waals surface area contributed by atoms with Gasteiger partial charge in [0.05, 0.1) is 5.41 Å². The number of hydrogen-bond donors (Lipinski definition) is 1. The second-order valence-corrected chi connectivity index (χ2v) is 4.28. The number of rotatable bonds is 2. The molecule has 3 aliphatic carbocycles. The Kier molecular flexibility index (Phi) is 1.37. The first kappa shape index (κ1) is 8.35. The Labute approximate surface area is 68.6 Å². The van der Waals surface area contributed by atoms with Gasteiger partial charge in [0.2, 0.25) is 0 Å². The third-order valence-electron chi connectivity index (χ3n) is 3.38. The molecule has 1 nitrogen and oxygen atoms in total. The number of aliphatic hydroxyl groups excluding tert-OH is 1. The molecule has 0 aromatic heterocycles. The van der Waals surface area contributed by atoms with Gasteiger partial charge in [0.1, 0.15) is 0 Å². The molecule has 0 radical (unpaired) electrons. The summed E-state index contributed by atoms with van der Waals surface area (Å²) in [4.78, 5) is 0. The summed E-state index contributed by atoms with van der Waals surface area (Å²) < 4.78 is 36.8. The van der Waals surface area contributed by atoms with Crippen molar-refractivity contribution < 1.29 is 18.3 Å². The standard InChI is InChI=1S/C8H11F3O/c9-8(10,11)7-3-6(4-7,5-7)1-2-12/h12H,1-5H2. The molecule has 0 atom stereocenters. The fourth-order valence-electron chi connectivity index (χ4n) is 2.80. The Balaban J connectivity index is 1.95. The van der Waals surface area contributed by atoms with Crippen LogP contribution in [0.4, 0.5) is 13.2 Å². The van der Waals surface area contributed by atoms with E-state index in [-0.39, 0.29) is 31.3 Å². The molecule has 0 amide bonds. The molecule has 0 spiro atoms. The van der Waals surface area contributed by atoms with Crippen molar-refractivity contribution in [2.24, 2.45) is 10.8 Å². The van der Waals surface area contributed by atoms with Gasteiger partial charge in [0, 0.05) is 6.61 Å². The molecule has 0 aromatic carbocycles. The van der Waals surface area contributed by atoms with Crippen LogP contribution in [0.15, 0.2) is 0 Å². The van der Waals surface area contributed by atoms with E-state index < -0.39 is 11.6 Å². The zero-order chi connectivity index (χ0) is 9.04. The highest BCUT2D eigenvalue weighted by molar-refractivity contribution is 5.19. The molecule has 3 fully saturated rings. The maximum atomic E-state index is 12.3. The quantitative estimate of drug-likeness (QED) is 0.690. The van der Waals surface area contributed by atoms with Crippen LogP contribution in [0.1, 0.15) is 25.7 Å². The highest BCUT2D eigenvalue weighted by Crippen LogP contribution is 2.79. The van der Waals surface area contributed by atoms with Gasteiger partial charge in [-0.2, -0.15) is 13.2 Å². The van der Waals surface area contributed by atoms with Gasteiger partial charge in [-0.25, -0.2) is 0 Å². The van der Waals surface area contributed by atoms with E-state index in [0.717, 1.165) is 0 Å². The number of halogens is 3. The topological polar surface area (TPSA) is 20.2 Å². The van der Waals surface area contributed by atoms with E-state index in [2.05, 4.69) is 0 Å². The smallest absolute Gasteiger partial charge is 0.394 e. The van der Waals surface area contributed by atoms with E-state index in [1.807, 2.05) is 0 Å². The van der Waals surface area contributed by atoms with E-state index in [1.165, 1.54) is 0 Å². The van der Waals surface area contributed by atoms with Gasteiger partial charge in [0.15, 0.2) is 0 Å². The van der Waals surface area contributed by atoms with Gasteiger partial charge in [0.25, 0.3) is 0 Å². The molecular weight excluding hydrogens is 169 g/mol. The predicted molar refractivity (Wildman–Crippen MR) is 36.5 cm³/mol. The number of aliphatic hydroxyl groups is 1. The van der Waals surface area contributed by atoms with Crippen LogP contribution in [0.2, 0.25) is 0 Å². The maximum Gasteiger partial charge on any atom is 0.394 e. The second-order valence-electron chi connectivity index (χ2n) is 4.28. The summed E-state index contributed by atoms with van der Waals surface area (Å²) in [6.07, 6.45) is -2.70. The minimum Gasteiger partial charge on any atom is -0.396 e. The lowest BCUT2D eigenvalue weighted by atomic mass is 9.34. The Morgan fingerprint density at radius 3 is 2.00 bits per heavy atom. The van der Waals surface area contributed by atoms with Crippen LogP contribution in [0.3, 0.4) is 0 Å². The van der Waals surface area contributed by atoms with Crippen LogP contribution in [0.25, 0.3) is 0 Å². The molecule has 70 valence electrons. The summed E-state index contributed by atoms with van der Waals surface area (Å²) in [5, 5.41) is 8.60. The van der Waals surface area contributed by atoms with Crippen LogP contribution < -0.4 is 0 Å². The van der Waals surface area contributed by atoms with E-state index in [0.29, 0.717) is 6.42 Å². The molecular formula is C8H11F3O. The minimum atomic E-state index is -4.01.